The first kappa shape index (κ1) is 78.9. The van der Waals surface area contributed by atoms with Gasteiger partial charge in [0.2, 0.25) is 0 Å². The molecule has 4 aromatic rings. The van der Waals surface area contributed by atoms with Gasteiger partial charge in [-0.2, -0.15) is 0 Å². The van der Waals surface area contributed by atoms with Gasteiger partial charge in [0.05, 0.1) is 0 Å². The van der Waals surface area contributed by atoms with Crippen LogP contribution in [0.3, 0.4) is 0 Å². The Kier molecular flexibility index (Phi) is 38.0. The standard InChI is InChI=1S/C15H28.C15H16.C14H22.C12H24.C11H24.C9H12.C8H18/c2*1-12-3-7-14(8-4-12)11-15-9-5-13(2)6-10-15;1-13(2,3)11-8-7-9-12(10-11)14(4,5)6;1-6-12(5)8-10(2)7-11(3,4)9-12;1-6-8-10(3)9-11(4,5)7-2;1-7-4-5-8(2)9(3)6-7;1-3-5-7-8-6-4-2/h12-15H,3-11H2,1-2H3;3-10H,11H2,1-2H3;7-10H,1-6H3;10H,6-9H2,1-5H3;10H,6-9H2,1-5H3;4-6H,1-3H3;3-8H2,1-2H3/t;;;10-,12?;;;/m...0.../s1. The third-order valence-corrected chi connectivity index (χ3v) is 19.4. The zero-order chi connectivity index (χ0) is 63.7. The van der Waals surface area contributed by atoms with E-state index in [1.54, 1.807) is 6.42 Å². The highest BCUT2D eigenvalue weighted by Crippen LogP contribution is 2.50. The second-order valence-electron chi connectivity index (χ2n) is 32.4. The molecule has 3 aliphatic carbocycles. The van der Waals surface area contributed by atoms with E-state index in [0.717, 1.165) is 41.9 Å². The van der Waals surface area contributed by atoms with Crippen LogP contribution in [0.25, 0.3) is 0 Å². The molecule has 3 fully saturated rings. The van der Waals surface area contributed by atoms with Crippen LogP contribution in [0.2, 0.25) is 0 Å². The highest BCUT2D eigenvalue weighted by atomic mass is 14.4. The number of rotatable bonds is 15. The number of benzene rings is 4. The monoisotopic (exact) mass is 1150 g/mol. The predicted molar refractivity (Wildman–Crippen MR) is 384 cm³/mol. The molecular formula is C84H144. The van der Waals surface area contributed by atoms with Gasteiger partial charge in [-0.05, 0) is 169 Å². The van der Waals surface area contributed by atoms with Crippen LogP contribution in [-0.2, 0) is 17.3 Å². The minimum atomic E-state index is 0.251. The van der Waals surface area contributed by atoms with Crippen molar-refractivity contribution in [1.29, 1.82) is 0 Å². The van der Waals surface area contributed by atoms with Crippen LogP contribution >= 0.6 is 0 Å². The molecule has 0 aromatic heterocycles. The van der Waals surface area contributed by atoms with Crippen molar-refractivity contribution in [3.8, 4) is 0 Å². The van der Waals surface area contributed by atoms with E-state index < -0.39 is 0 Å². The molecule has 0 nitrogen and oxygen atoms in total. The largest absolute Gasteiger partial charge is 0.0654 e. The highest BCUT2D eigenvalue weighted by molar-refractivity contribution is 5.33. The topological polar surface area (TPSA) is 0 Å². The summed E-state index contributed by atoms with van der Waals surface area (Å²) in [5, 5.41) is 0. The summed E-state index contributed by atoms with van der Waals surface area (Å²) < 4.78 is 0. The summed E-state index contributed by atoms with van der Waals surface area (Å²) in [5.41, 5.74) is 14.6. The molecule has 480 valence electrons. The minimum Gasteiger partial charge on any atom is -0.0654 e. The summed E-state index contributed by atoms with van der Waals surface area (Å²) in [4.78, 5) is 0. The summed E-state index contributed by atoms with van der Waals surface area (Å²) in [5.74, 6) is 6.08. The van der Waals surface area contributed by atoms with Gasteiger partial charge in [0, 0.05) is 0 Å². The van der Waals surface area contributed by atoms with Gasteiger partial charge in [0.1, 0.15) is 0 Å². The summed E-state index contributed by atoms with van der Waals surface area (Å²) in [7, 11) is 0. The van der Waals surface area contributed by atoms with E-state index in [9.17, 15) is 0 Å². The van der Waals surface area contributed by atoms with Crippen molar-refractivity contribution in [2.24, 2.45) is 51.8 Å². The van der Waals surface area contributed by atoms with Gasteiger partial charge in [0.15, 0.2) is 0 Å². The van der Waals surface area contributed by atoms with Crippen molar-refractivity contribution >= 4 is 0 Å². The Morgan fingerprint density at radius 2 is 0.905 bits per heavy atom. The molecule has 3 atom stereocenters. The number of hydrogen-bond acceptors (Lipinski definition) is 0. The number of aryl methyl sites for hydroxylation is 5. The first-order chi connectivity index (χ1) is 39.2. The minimum absolute atomic E-state index is 0.251. The van der Waals surface area contributed by atoms with E-state index in [1.165, 1.54) is 191 Å². The Balaban J connectivity index is 0.000000495. The molecule has 0 N–H and O–H groups in total. The summed E-state index contributed by atoms with van der Waals surface area (Å²) in [6.07, 6.45) is 34.3. The van der Waals surface area contributed by atoms with E-state index in [-0.39, 0.29) is 10.8 Å². The SMILES string of the molecule is CC(C)(C)c1cccc(C(C)(C)C)c1.CC1CCC(CC2CCC(C)CC2)CC1.CCC1(C)C[C@@H](C)CC(C)(C)C1.CCCC(C)CC(C)(C)CC.CCCCCCCC.Cc1ccc(C)c(C)c1.Cc1ccc(Cc2ccc(C)cc2)cc1. The van der Waals surface area contributed by atoms with Crippen molar-refractivity contribution in [3.63, 3.8) is 0 Å². The van der Waals surface area contributed by atoms with Gasteiger partial charge < -0.3 is 0 Å². The molecule has 0 heterocycles. The van der Waals surface area contributed by atoms with E-state index in [2.05, 4.69) is 264 Å². The molecule has 7 rings (SSSR count). The second kappa shape index (κ2) is 40.4. The zero-order valence-corrected chi connectivity index (χ0v) is 61.1. The molecule has 3 aliphatic rings. The maximum Gasteiger partial charge on any atom is -0.00258 e. The van der Waals surface area contributed by atoms with Crippen LogP contribution in [0.5, 0.6) is 0 Å². The fourth-order valence-corrected chi connectivity index (χ4v) is 13.6. The van der Waals surface area contributed by atoms with Crippen molar-refractivity contribution in [3.05, 3.63) is 141 Å². The lowest BCUT2D eigenvalue weighted by Gasteiger charge is -2.45. The molecule has 0 bridgehead atoms. The maximum atomic E-state index is 2.46. The van der Waals surface area contributed by atoms with Gasteiger partial charge >= 0.3 is 0 Å². The molecule has 0 aliphatic heterocycles. The summed E-state index contributed by atoms with van der Waals surface area (Å²) in [6, 6.07) is 32.9. The number of unbranched alkanes of at least 4 members (excludes halogenated alkanes) is 5. The van der Waals surface area contributed by atoms with Crippen LogP contribution in [0, 0.1) is 86.4 Å². The average molecular weight is 1150 g/mol. The lowest BCUT2D eigenvalue weighted by molar-refractivity contribution is 0.0581. The first-order valence-corrected chi connectivity index (χ1v) is 35.4. The Morgan fingerprint density at radius 1 is 0.476 bits per heavy atom. The molecule has 0 heteroatoms. The summed E-state index contributed by atoms with van der Waals surface area (Å²) >= 11 is 0. The van der Waals surface area contributed by atoms with E-state index >= 15 is 0 Å². The molecule has 0 radical (unpaired) electrons. The van der Waals surface area contributed by atoms with Crippen LogP contribution in [-0.4, -0.2) is 0 Å². The smallest absolute Gasteiger partial charge is 0.00258 e. The third-order valence-electron chi connectivity index (χ3n) is 19.4. The molecule has 3 saturated carbocycles. The lowest BCUT2D eigenvalue weighted by Crippen LogP contribution is -2.34. The van der Waals surface area contributed by atoms with Gasteiger partial charge in [0.25, 0.3) is 0 Å². The van der Waals surface area contributed by atoms with Crippen molar-refractivity contribution in [2.75, 3.05) is 0 Å². The Labute approximate surface area is 528 Å². The van der Waals surface area contributed by atoms with Crippen LogP contribution in [0.15, 0.2) is 91.0 Å². The normalized spacial score (nSPS) is 21.5. The zero-order valence-electron chi connectivity index (χ0n) is 61.1. The molecule has 0 saturated heterocycles. The van der Waals surface area contributed by atoms with Crippen LogP contribution < -0.4 is 0 Å². The molecule has 84 heavy (non-hydrogen) atoms. The highest BCUT2D eigenvalue weighted by Gasteiger charge is 2.38. The van der Waals surface area contributed by atoms with Gasteiger partial charge in [-0.15, -0.1) is 0 Å². The molecule has 0 spiro atoms. The summed E-state index contributed by atoms with van der Waals surface area (Å²) in [6.45, 7) is 57.3. The maximum absolute atomic E-state index is 2.46. The Bertz CT molecular complexity index is 2140. The van der Waals surface area contributed by atoms with E-state index in [0.29, 0.717) is 16.2 Å². The Hall–Kier alpha value is -3.12. The first-order valence-electron chi connectivity index (χ1n) is 35.4. The van der Waals surface area contributed by atoms with Crippen LogP contribution in [0.4, 0.5) is 0 Å². The molecule has 4 aromatic carbocycles. The number of hydrogen-bond donors (Lipinski definition) is 0. The van der Waals surface area contributed by atoms with Gasteiger partial charge in [-0.25, -0.2) is 0 Å². The fraction of sp³-hybridized carbons (Fsp3) is 0.714. The van der Waals surface area contributed by atoms with Crippen molar-refractivity contribution in [2.45, 2.75) is 338 Å². The van der Waals surface area contributed by atoms with Crippen LogP contribution in [0.1, 0.15) is 336 Å². The predicted octanol–water partition coefficient (Wildman–Crippen LogP) is 27.7. The quantitative estimate of drug-likeness (QED) is 0.104. The van der Waals surface area contributed by atoms with Gasteiger partial charge in [-0.3, -0.25) is 0 Å². The van der Waals surface area contributed by atoms with E-state index in [4.69, 9.17) is 0 Å². The fourth-order valence-electron chi connectivity index (χ4n) is 13.6. The molecule has 0 amide bonds. The van der Waals surface area contributed by atoms with E-state index in [1.807, 2.05) is 0 Å². The third kappa shape index (κ3) is 36.3. The van der Waals surface area contributed by atoms with Crippen molar-refractivity contribution < 1.29 is 0 Å². The Morgan fingerprint density at radius 3 is 1.25 bits per heavy atom. The molecule has 2 unspecified atom stereocenters. The van der Waals surface area contributed by atoms with Crippen molar-refractivity contribution in [1.82, 2.24) is 0 Å². The average Bonchev–Trinajstić information content (AvgIpc) is 3.62. The second-order valence-corrected chi connectivity index (χ2v) is 32.4. The lowest BCUT2D eigenvalue weighted by atomic mass is 9.60. The van der Waals surface area contributed by atoms with Gasteiger partial charge in [-0.1, -0.05) is 362 Å². The molecular weight excluding hydrogens is 1010 g/mol.